The molecule has 6 heteroatoms. The monoisotopic (exact) mass is 483 g/mol. The molecule has 1 aromatic heterocycles. The summed E-state index contributed by atoms with van der Waals surface area (Å²) in [5, 5.41) is 20.7. The molecule has 4 aromatic rings. The molecular weight excluding hydrogens is 450 g/mol. The summed E-state index contributed by atoms with van der Waals surface area (Å²) >= 11 is 0. The van der Waals surface area contributed by atoms with Crippen LogP contribution < -0.4 is 0 Å². The minimum absolute atomic E-state index is 0.0639. The molecule has 0 amide bonds. The molecule has 1 aliphatic heterocycles. The van der Waals surface area contributed by atoms with Crippen LogP contribution in [0, 0.1) is 0 Å². The van der Waals surface area contributed by atoms with Crippen molar-refractivity contribution < 1.29 is 15.0 Å². The molecule has 0 unspecified atom stereocenters. The van der Waals surface area contributed by atoms with E-state index in [0.29, 0.717) is 6.04 Å². The van der Waals surface area contributed by atoms with Crippen molar-refractivity contribution in [3.8, 4) is 5.75 Å². The first-order valence-electron chi connectivity index (χ1n) is 12.5. The number of piperazine rings is 1. The second kappa shape index (κ2) is 10.2. The van der Waals surface area contributed by atoms with Crippen LogP contribution in [0.3, 0.4) is 0 Å². The highest BCUT2D eigenvalue weighted by Crippen LogP contribution is 2.36. The lowest BCUT2D eigenvalue weighted by atomic mass is 9.92. The number of carboxylic acids is 1. The van der Waals surface area contributed by atoms with E-state index in [2.05, 4.69) is 78.2 Å². The van der Waals surface area contributed by atoms with Gasteiger partial charge < -0.3 is 14.8 Å². The Balaban J connectivity index is 1.50. The Hall–Kier alpha value is -3.61. The maximum absolute atomic E-state index is 11.4. The number of benzene rings is 3. The van der Waals surface area contributed by atoms with Gasteiger partial charge in [-0.1, -0.05) is 54.6 Å². The van der Waals surface area contributed by atoms with Crippen LogP contribution in [0.2, 0.25) is 0 Å². The van der Waals surface area contributed by atoms with Crippen molar-refractivity contribution in [3.05, 3.63) is 102 Å². The van der Waals surface area contributed by atoms with Gasteiger partial charge >= 0.3 is 5.97 Å². The van der Waals surface area contributed by atoms with Gasteiger partial charge in [0.1, 0.15) is 12.3 Å². The Morgan fingerprint density at radius 2 is 1.69 bits per heavy atom. The molecule has 2 N–H and O–H groups in total. The van der Waals surface area contributed by atoms with Crippen LogP contribution in [-0.2, 0) is 17.9 Å². The lowest BCUT2D eigenvalue weighted by Gasteiger charge is -2.47. The largest absolute Gasteiger partial charge is 0.508 e. The molecule has 0 aliphatic carbocycles. The predicted octanol–water partition coefficient (Wildman–Crippen LogP) is 5.12. The molecule has 186 valence electrons. The summed E-state index contributed by atoms with van der Waals surface area (Å²) in [6.45, 7) is 7.21. The Kier molecular flexibility index (Phi) is 6.81. The van der Waals surface area contributed by atoms with E-state index < -0.39 is 5.97 Å². The van der Waals surface area contributed by atoms with Crippen molar-refractivity contribution in [2.45, 2.75) is 45.1 Å². The second-order valence-electron chi connectivity index (χ2n) is 9.96. The molecule has 0 radical (unpaired) electrons. The number of phenolic OH excluding ortho intramolecular Hbond substituents is 1. The van der Waals surface area contributed by atoms with Crippen molar-refractivity contribution >= 4 is 16.9 Å². The summed E-state index contributed by atoms with van der Waals surface area (Å²) in [4.78, 5) is 16.5. The summed E-state index contributed by atoms with van der Waals surface area (Å²) in [5.41, 5.74) is 4.35. The standard InChI is InChI=1S/C30H33N3O3/c1-21-18-33(22(2)17-32(21)19-23-7-4-3-5-8-23)30(25-9-6-10-27(34)15-25)26-12-11-24-13-14-31(20-29(35)36)28(24)16-26/h3-16,21-22,30,34H,17-20H2,1-2H3,(H,35,36)/t21-,22+,30+/m1/s1. The van der Waals surface area contributed by atoms with Crippen molar-refractivity contribution in [2.75, 3.05) is 13.1 Å². The number of nitrogens with zero attached hydrogens (tertiary/aromatic N) is 3. The van der Waals surface area contributed by atoms with Crippen LogP contribution in [-0.4, -0.2) is 55.7 Å². The normalized spacial score (nSPS) is 19.9. The lowest BCUT2D eigenvalue weighted by molar-refractivity contribution is -0.137. The molecule has 5 rings (SSSR count). The Labute approximate surface area is 212 Å². The van der Waals surface area contributed by atoms with Crippen LogP contribution in [0.15, 0.2) is 85.1 Å². The average Bonchev–Trinajstić information content (AvgIpc) is 3.24. The fraction of sp³-hybridized carbons (Fsp3) is 0.300. The second-order valence-corrected chi connectivity index (χ2v) is 9.96. The SMILES string of the molecule is C[C@@H]1CN([C@@H](c2cccc(O)c2)c2ccc3ccn(CC(=O)O)c3c2)[C@@H](C)CN1Cc1ccccc1. The summed E-state index contributed by atoms with van der Waals surface area (Å²) < 4.78 is 1.78. The van der Waals surface area contributed by atoms with Gasteiger partial charge in [0.15, 0.2) is 0 Å². The molecular formula is C30H33N3O3. The highest BCUT2D eigenvalue weighted by atomic mass is 16.4. The molecule has 1 fully saturated rings. The summed E-state index contributed by atoms with van der Waals surface area (Å²) in [6.07, 6.45) is 1.83. The first-order valence-corrected chi connectivity index (χ1v) is 12.5. The minimum atomic E-state index is -0.862. The smallest absolute Gasteiger partial charge is 0.323 e. The fourth-order valence-corrected chi connectivity index (χ4v) is 5.55. The van der Waals surface area contributed by atoms with Crippen molar-refractivity contribution in [3.63, 3.8) is 0 Å². The molecule has 0 saturated carbocycles. The molecule has 0 bridgehead atoms. The van der Waals surface area contributed by atoms with Crippen LogP contribution in [0.25, 0.3) is 10.9 Å². The number of aromatic hydroxyl groups is 1. The zero-order chi connectivity index (χ0) is 25.2. The van der Waals surface area contributed by atoms with Crippen molar-refractivity contribution in [1.29, 1.82) is 0 Å². The van der Waals surface area contributed by atoms with E-state index >= 15 is 0 Å². The van der Waals surface area contributed by atoms with E-state index in [9.17, 15) is 15.0 Å². The van der Waals surface area contributed by atoms with E-state index in [0.717, 1.165) is 41.7 Å². The summed E-state index contributed by atoms with van der Waals surface area (Å²) in [7, 11) is 0. The van der Waals surface area contributed by atoms with Gasteiger partial charge in [-0.15, -0.1) is 0 Å². The zero-order valence-electron chi connectivity index (χ0n) is 20.8. The fourth-order valence-electron chi connectivity index (χ4n) is 5.55. The van der Waals surface area contributed by atoms with Gasteiger partial charge in [0, 0.05) is 43.4 Å². The third kappa shape index (κ3) is 5.01. The van der Waals surface area contributed by atoms with Crippen LogP contribution in [0.4, 0.5) is 0 Å². The lowest BCUT2D eigenvalue weighted by Crippen LogP contribution is -2.56. The van der Waals surface area contributed by atoms with E-state index in [-0.39, 0.29) is 24.4 Å². The minimum Gasteiger partial charge on any atom is -0.508 e. The van der Waals surface area contributed by atoms with E-state index in [1.807, 2.05) is 24.4 Å². The van der Waals surface area contributed by atoms with E-state index in [1.165, 1.54) is 5.56 Å². The van der Waals surface area contributed by atoms with Crippen LogP contribution in [0.1, 0.15) is 36.6 Å². The predicted molar refractivity (Wildman–Crippen MR) is 142 cm³/mol. The van der Waals surface area contributed by atoms with Gasteiger partial charge in [0.25, 0.3) is 0 Å². The number of hydrogen-bond acceptors (Lipinski definition) is 4. The molecule has 2 heterocycles. The number of carbonyl (C=O) groups is 1. The maximum Gasteiger partial charge on any atom is 0.323 e. The van der Waals surface area contributed by atoms with Gasteiger partial charge in [-0.2, -0.15) is 0 Å². The van der Waals surface area contributed by atoms with E-state index in [1.54, 1.807) is 10.6 Å². The number of aromatic nitrogens is 1. The van der Waals surface area contributed by atoms with Crippen LogP contribution >= 0.6 is 0 Å². The summed E-state index contributed by atoms with van der Waals surface area (Å²) in [6, 6.07) is 26.9. The number of aliphatic carboxylic acids is 1. The molecule has 1 saturated heterocycles. The third-order valence-corrected chi connectivity index (χ3v) is 7.33. The Morgan fingerprint density at radius 1 is 0.917 bits per heavy atom. The van der Waals surface area contributed by atoms with Gasteiger partial charge in [-0.3, -0.25) is 14.6 Å². The van der Waals surface area contributed by atoms with E-state index in [4.69, 9.17) is 0 Å². The third-order valence-electron chi connectivity index (χ3n) is 7.33. The van der Waals surface area contributed by atoms with Gasteiger partial charge in [-0.05, 0) is 60.2 Å². The first-order chi connectivity index (χ1) is 17.4. The Morgan fingerprint density at radius 3 is 2.44 bits per heavy atom. The number of fused-ring (bicyclic) bond motifs is 1. The average molecular weight is 484 g/mol. The first kappa shape index (κ1) is 24.1. The van der Waals surface area contributed by atoms with Gasteiger partial charge in [-0.25, -0.2) is 0 Å². The molecule has 1 aliphatic rings. The molecule has 6 nitrogen and oxygen atoms in total. The van der Waals surface area contributed by atoms with Crippen molar-refractivity contribution in [2.24, 2.45) is 0 Å². The topological polar surface area (TPSA) is 68.9 Å². The highest BCUT2D eigenvalue weighted by molar-refractivity contribution is 5.82. The highest BCUT2D eigenvalue weighted by Gasteiger charge is 2.35. The van der Waals surface area contributed by atoms with Crippen molar-refractivity contribution in [1.82, 2.24) is 14.4 Å². The van der Waals surface area contributed by atoms with Crippen LogP contribution in [0.5, 0.6) is 5.75 Å². The quantitative estimate of drug-likeness (QED) is 0.382. The molecule has 36 heavy (non-hydrogen) atoms. The number of phenols is 1. The Bertz CT molecular complexity index is 1350. The van der Waals surface area contributed by atoms with Gasteiger partial charge in [0.05, 0.1) is 6.04 Å². The number of rotatable bonds is 7. The zero-order valence-corrected chi connectivity index (χ0v) is 20.8. The summed E-state index contributed by atoms with van der Waals surface area (Å²) in [5.74, 6) is -0.615. The maximum atomic E-state index is 11.4. The number of carboxylic acid groups (broad SMARTS) is 1. The van der Waals surface area contributed by atoms with Gasteiger partial charge in [0.2, 0.25) is 0 Å². The number of hydrogen-bond donors (Lipinski definition) is 2. The molecule has 0 spiro atoms. The molecule has 3 aromatic carbocycles. The molecule has 3 atom stereocenters.